The fourth-order valence-electron chi connectivity index (χ4n) is 2.42. The summed E-state index contributed by atoms with van der Waals surface area (Å²) >= 11 is 0. The average Bonchev–Trinajstić information content (AvgIpc) is 2.68. The van der Waals surface area contributed by atoms with Crippen molar-refractivity contribution in [2.45, 2.75) is 65.3 Å². The fraction of sp³-hybridized carbons (Fsp3) is 1.00. The summed E-state index contributed by atoms with van der Waals surface area (Å²) in [5.41, 5.74) is 0. The third-order valence-corrected chi connectivity index (χ3v) is 3.10. The van der Waals surface area contributed by atoms with Crippen molar-refractivity contribution in [3.63, 3.8) is 0 Å². The molecular formula is C14H29NO2. The summed E-state index contributed by atoms with van der Waals surface area (Å²) in [5, 5.41) is 3.44. The number of hydrogen-bond acceptors (Lipinski definition) is 3. The smallest absolute Gasteiger partial charge is 0.0700 e. The molecule has 1 saturated heterocycles. The molecule has 1 aliphatic heterocycles. The van der Waals surface area contributed by atoms with E-state index in [1.165, 1.54) is 12.8 Å². The fourth-order valence-corrected chi connectivity index (χ4v) is 2.42. The van der Waals surface area contributed by atoms with Gasteiger partial charge in [0.2, 0.25) is 0 Å². The van der Waals surface area contributed by atoms with E-state index >= 15 is 0 Å². The van der Waals surface area contributed by atoms with Crippen LogP contribution in [0.25, 0.3) is 0 Å². The molecule has 1 aliphatic rings. The van der Waals surface area contributed by atoms with E-state index in [1.807, 2.05) is 0 Å². The van der Waals surface area contributed by atoms with Gasteiger partial charge in [-0.2, -0.15) is 0 Å². The maximum atomic E-state index is 5.92. The van der Waals surface area contributed by atoms with Gasteiger partial charge in [-0.05, 0) is 39.0 Å². The zero-order valence-corrected chi connectivity index (χ0v) is 11.9. The SMILES string of the molecule is CC(C)CC(C)OC(C)CNCC1CCCO1. The lowest BCUT2D eigenvalue weighted by molar-refractivity contribution is -0.00262. The molecule has 3 nitrogen and oxygen atoms in total. The maximum Gasteiger partial charge on any atom is 0.0700 e. The Kier molecular flexibility index (Phi) is 7.09. The molecule has 0 saturated carbocycles. The van der Waals surface area contributed by atoms with E-state index in [0.29, 0.717) is 18.1 Å². The molecule has 0 amide bonds. The second-order valence-corrected chi connectivity index (χ2v) is 5.68. The summed E-state index contributed by atoms with van der Waals surface area (Å²) in [6, 6.07) is 0. The van der Waals surface area contributed by atoms with Crippen molar-refractivity contribution in [2.24, 2.45) is 5.92 Å². The van der Waals surface area contributed by atoms with E-state index < -0.39 is 0 Å². The molecule has 3 unspecified atom stereocenters. The van der Waals surface area contributed by atoms with Crippen LogP contribution in [0, 0.1) is 5.92 Å². The first-order valence-corrected chi connectivity index (χ1v) is 7.05. The van der Waals surface area contributed by atoms with Gasteiger partial charge in [-0.3, -0.25) is 0 Å². The van der Waals surface area contributed by atoms with Gasteiger partial charge in [0.05, 0.1) is 18.3 Å². The van der Waals surface area contributed by atoms with Gasteiger partial charge in [0.15, 0.2) is 0 Å². The Hall–Kier alpha value is -0.120. The molecule has 17 heavy (non-hydrogen) atoms. The molecular weight excluding hydrogens is 214 g/mol. The Labute approximate surface area is 106 Å². The van der Waals surface area contributed by atoms with Crippen molar-refractivity contribution in [1.29, 1.82) is 0 Å². The van der Waals surface area contributed by atoms with Crippen LogP contribution in [0.4, 0.5) is 0 Å². The van der Waals surface area contributed by atoms with Crippen LogP contribution in [0.1, 0.15) is 47.0 Å². The first-order valence-electron chi connectivity index (χ1n) is 7.05. The molecule has 3 atom stereocenters. The summed E-state index contributed by atoms with van der Waals surface area (Å²) in [7, 11) is 0. The minimum absolute atomic E-state index is 0.283. The molecule has 102 valence electrons. The predicted molar refractivity (Wildman–Crippen MR) is 71.3 cm³/mol. The molecule has 0 aromatic carbocycles. The van der Waals surface area contributed by atoms with Crippen LogP contribution >= 0.6 is 0 Å². The van der Waals surface area contributed by atoms with Crippen molar-refractivity contribution < 1.29 is 9.47 Å². The third-order valence-electron chi connectivity index (χ3n) is 3.10. The van der Waals surface area contributed by atoms with E-state index in [4.69, 9.17) is 9.47 Å². The second-order valence-electron chi connectivity index (χ2n) is 5.68. The topological polar surface area (TPSA) is 30.5 Å². The monoisotopic (exact) mass is 243 g/mol. The minimum Gasteiger partial charge on any atom is -0.377 e. The predicted octanol–water partition coefficient (Wildman–Crippen LogP) is 2.59. The number of hydrogen-bond donors (Lipinski definition) is 1. The summed E-state index contributed by atoms with van der Waals surface area (Å²) in [5.74, 6) is 0.706. The molecule has 0 aliphatic carbocycles. The molecule has 0 spiro atoms. The van der Waals surface area contributed by atoms with Crippen molar-refractivity contribution in [3.05, 3.63) is 0 Å². The molecule has 0 aromatic heterocycles. The summed E-state index contributed by atoms with van der Waals surface area (Å²) in [4.78, 5) is 0. The Morgan fingerprint density at radius 3 is 2.59 bits per heavy atom. The van der Waals surface area contributed by atoms with Crippen LogP contribution in [0.3, 0.4) is 0 Å². The standard InChI is InChI=1S/C14H29NO2/c1-11(2)8-12(3)17-13(4)9-15-10-14-6-5-7-16-14/h11-15H,5-10H2,1-4H3. The molecule has 0 aromatic rings. The largest absolute Gasteiger partial charge is 0.377 e. The first kappa shape index (κ1) is 14.9. The number of rotatable bonds is 8. The summed E-state index contributed by atoms with van der Waals surface area (Å²) in [6.45, 7) is 11.6. The van der Waals surface area contributed by atoms with E-state index in [-0.39, 0.29) is 6.10 Å². The second kappa shape index (κ2) is 8.06. The van der Waals surface area contributed by atoms with Crippen LogP contribution < -0.4 is 5.32 Å². The van der Waals surface area contributed by atoms with Crippen LogP contribution in [-0.2, 0) is 9.47 Å². The summed E-state index contributed by atoms with van der Waals surface area (Å²) < 4.78 is 11.5. The van der Waals surface area contributed by atoms with E-state index in [2.05, 4.69) is 33.0 Å². The summed E-state index contributed by atoms with van der Waals surface area (Å²) in [6.07, 6.45) is 4.61. The van der Waals surface area contributed by atoms with E-state index in [1.54, 1.807) is 0 Å². The lowest BCUT2D eigenvalue weighted by atomic mass is 10.1. The Bertz CT molecular complexity index is 191. The Balaban J connectivity index is 2.01. The van der Waals surface area contributed by atoms with Crippen LogP contribution in [0.2, 0.25) is 0 Å². The van der Waals surface area contributed by atoms with E-state index in [0.717, 1.165) is 26.1 Å². The van der Waals surface area contributed by atoms with Gasteiger partial charge in [0, 0.05) is 19.7 Å². The number of nitrogens with one attached hydrogen (secondary N) is 1. The molecule has 3 heteroatoms. The van der Waals surface area contributed by atoms with Crippen LogP contribution in [0.15, 0.2) is 0 Å². The minimum atomic E-state index is 0.283. The van der Waals surface area contributed by atoms with Gasteiger partial charge in [0.1, 0.15) is 0 Å². The van der Waals surface area contributed by atoms with Crippen molar-refractivity contribution >= 4 is 0 Å². The highest BCUT2D eigenvalue weighted by Crippen LogP contribution is 2.11. The lowest BCUT2D eigenvalue weighted by Gasteiger charge is -2.21. The first-order chi connectivity index (χ1) is 8.08. The lowest BCUT2D eigenvalue weighted by Crippen LogP contribution is -2.34. The highest BCUT2D eigenvalue weighted by molar-refractivity contribution is 4.69. The molecule has 1 heterocycles. The molecule has 0 radical (unpaired) electrons. The van der Waals surface area contributed by atoms with Gasteiger partial charge in [0.25, 0.3) is 0 Å². The number of ether oxygens (including phenoxy) is 2. The van der Waals surface area contributed by atoms with Crippen molar-refractivity contribution in [3.8, 4) is 0 Å². The maximum absolute atomic E-state index is 5.92. The van der Waals surface area contributed by atoms with Crippen LogP contribution in [-0.4, -0.2) is 38.0 Å². The van der Waals surface area contributed by atoms with Gasteiger partial charge in [-0.1, -0.05) is 13.8 Å². The van der Waals surface area contributed by atoms with Gasteiger partial charge < -0.3 is 14.8 Å². The Morgan fingerprint density at radius 1 is 1.24 bits per heavy atom. The molecule has 0 bridgehead atoms. The third kappa shape index (κ3) is 7.02. The zero-order chi connectivity index (χ0) is 12.7. The van der Waals surface area contributed by atoms with Crippen molar-refractivity contribution in [2.75, 3.05) is 19.7 Å². The van der Waals surface area contributed by atoms with Gasteiger partial charge >= 0.3 is 0 Å². The van der Waals surface area contributed by atoms with Gasteiger partial charge in [-0.15, -0.1) is 0 Å². The average molecular weight is 243 g/mol. The van der Waals surface area contributed by atoms with Crippen molar-refractivity contribution in [1.82, 2.24) is 5.32 Å². The normalized spacial score (nSPS) is 24.2. The van der Waals surface area contributed by atoms with Crippen LogP contribution in [0.5, 0.6) is 0 Å². The van der Waals surface area contributed by atoms with Gasteiger partial charge in [-0.25, -0.2) is 0 Å². The molecule has 1 N–H and O–H groups in total. The highest BCUT2D eigenvalue weighted by Gasteiger charge is 2.15. The van der Waals surface area contributed by atoms with E-state index in [9.17, 15) is 0 Å². The molecule has 1 fully saturated rings. The highest BCUT2D eigenvalue weighted by atomic mass is 16.5. The quantitative estimate of drug-likeness (QED) is 0.711. The Morgan fingerprint density at radius 2 is 2.00 bits per heavy atom. The zero-order valence-electron chi connectivity index (χ0n) is 11.9. The molecule has 1 rings (SSSR count).